The molecule has 0 aliphatic carbocycles. The number of thioether (sulfide) groups is 1. The second-order valence-corrected chi connectivity index (χ2v) is 6.32. The monoisotopic (exact) mass is 269 g/mol. The van der Waals surface area contributed by atoms with Gasteiger partial charge in [0.05, 0.1) is 0 Å². The summed E-state index contributed by atoms with van der Waals surface area (Å²) in [7, 11) is 0. The summed E-state index contributed by atoms with van der Waals surface area (Å²) in [6.07, 6.45) is 3.84. The lowest BCUT2D eigenvalue weighted by Gasteiger charge is -2.24. The van der Waals surface area contributed by atoms with Crippen molar-refractivity contribution in [1.29, 1.82) is 0 Å². The molecule has 1 aromatic carbocycles. The molecular formula is C14H20ClNS. The maximum Gasteiger partial charge on any atom is 0.0441 e. The molecule has 0 amide bonds. The molecule has 1 aliphatic heterocycles. The Hall–Kier alpha value is -0.180. The Bertz CT molecular complexity index is 350. The zero-order valence-electron chi connectivity index (χ0n) is 10.3. The third kappa shape index (κ3) is 3.64. The molecule has 94 valence electrons. The molecule has 2 rings (SSSR count). The van der Waals surface area contributed by atoms with E-state index in [9.17, 15) is 0 Å². The van der Waals surface area contributed by atoms with Crippen LogP contribution in [0.15, 0.2) is 24.3 Å². The number of halogens is 1. The van der Waals surface area contributed by atoms with Crippen LogP contribution < -0.4 is 5.32 Å². The average Bonchev–Trinajstić information content (AvgIpc) is 2.83. The van der Waals surface area contributed by atoms with Crippen molar-refractivity contribution in [3.05, 3.63) is 34.9 Å². The van der Waals surface area contributed by atoms with Crippen molar-refractivity contribution in [3.8, 4) is 0 Å². The van der Waals surface area contributed by atoms with Crippen LogP contribution in [0.2, 0.25) is 5.02 Å². The third-order valence-electron chi connectivity index (χ3n) is 3.16. The molecule has 0 bridgehead atoms. The van der Waals surface area contributed by atoms with E-state index in [-0.39, 0.29) is 0 Å². The van der Waals surface area contributed by atoms with E-state index in [0.29, 0.717) is 11.3 Å². The van der Waals surface area contributed by atoms with Gasteiger partial charge in [0.2, 0.25) is 0 Å². The van der Waals surface area contributed by atoms with Gasteiger partial charge in [-0.2, -0.15) is 11.8 Å². The second-order valence-electron chi connectivity index (χ2n) is 4.54. The highest BCUT2D eigenvalue weighted by molar-refractivity contribution is 8.00. The largest absolute Gasteiger partial charge is 0.309 e. The first-order valence-corrected chi connectivity index (χ1v) is 7.84. The quantitative estimate of drug-likeness (QED) is 0.856. The van der Waals surface area contributed by atoms with E-state index >= 15 is 0 Å². The van der Waals surface area contributed by atoms with Crippen LogP contribution in [0.1, 0.15) is 37.8 Å². The molecule has 1 fully saturated rings. The van der Waals surface area contributed by atoms with Gasteiger partial charge in [0.25, 0.3) is 0 Å². The van der Waals surface area contributed by atoms with Crippen LogP contribution in [-0.4, -0.2) is 17.5 Å². The first-order valence-electron chi connectivity index (χ1n) is 6.41. The van der Waals surface area contributed by atoms with Crippen LogP contribution in [0.5, 0.6) is 0 Å². The van der Waals surface area contributed by atoms with Gasteiger partial charge in [-0.05, 0) is 49.3 Å². The van der Waals surface area contributed by atoms with Gasteiger partial charge in [-0.25, -0.2) is 0 Å². The predicted molar refractivity (Wildman–Crippen MR) is 78.0 cm³/mol. The lowest BCUT2D eigenvalue weighted by atomic mass is 10.0. The number of hydrogen-bond acceptors (Lipinski definition) is 2. The molecule has 1 aromatic rings. The molecule has 1 nitrogen and oxygen atoms in total. The van der Waals surface area contributed by atoms with Gasteiger partial charge in [-0.3, -0.25) is 0 Å². The Morgan fingerprint density at radius 3 is 3.06 bits per heavy atom. The van der Waals surface area contributed by atoms with E-state index in [4.69, 9.17) is 11.6 Å². The number of hydrogen-bond donors (Lipinski definition) is 1. The molecule has 1 N–H and O–H groups in total. The summed E-state index contributed by atoms with van der Waals surface area (Å²) in [6, 6.07) is 8.76. The predicted octanol–water partition coefficient (Wildman–Crippen LogP) is 4.28. The number of nitrogens with one attached hydrogen (secondary N) is 1. The van der Waals surface area contributed by atoms with Crippen LogP contribution in [0.4, 0.5) is 0 Å². The van der Waals surface area contributed by atoms with Crippen molar-refractivity contribution in [2.24, 2.45) is 0 Å². The molecule has 0 radical (unpaired) electrons. The fourth-order valence-corrected chi connectivity index (χ4v) is 3.94. The number of benzene rings is 1. The molecular weight excluding hydrogens is 250 g/mol. The van der Waals surface area contributed by atoms with Crippen LogP contribution in [0.3, 0.4) is 0 Å². The Morgan fingerprint density at radius 1 is 1.53 bits per heavy atom. The van der Waals surface area contributed by atoms with Crippen molar-refractivity contribution < 1.29 is 0 Å². The maximum atomic E-state index is 6.10. The Labute approximate surface area is 113 Å². The molecule has 1 heterocycles. The lowest BCUT2D eigenvalue weighted by Crippen LogP contribution is -2.29. The first kappa shape index (κ1) is 13.3. The SMILES string of the molecule is CCCNC(c1cccc(Cl)c1)C1CCCS1. The standard InChI is InChI=1S/C14H20ClNS/c1-2-8-16-14(13-7-4-9-17-13)11-5-3-6-12(15)10-11/h3,5-6,10,13-14,16H,2,4,7-9H2,1H3. The summed E-state index contributed by atoms with van der Waals surface area (Å²) in [5.41, 5.74) is 1.34. The lowest BCUT2D eigenvalue weighted by molar-refractivity contribution is 0.503. The summed E-state index contributed by atoms with van der Waals surface area (Å²) in [5.74, 6) is 1.30. The Morgan fingerprint density at radius 2 is 2.41 bits per heavy atom. The van der Waals surface area contributed by atoms with E-state index in [0.717, 1.165) is 11.6 Å². The third-order valence-corrected chi connectivity index (χ3v) is 4.85. The highest BCUT2D eigenvalue weighted by atomic mass is 35.5. The van der Waals surface area contributed by atoms with Gasteiger partial charge in [-0.15, -0.1) is 0 Å². The van der Waals surface area contributed by atoms with Gasteiger partial charge >= 0.3 is 0 Å². The molecule has 0 spiro atoms. The first-order chi connectivity index (χ1) is 8.31. The van der Waals surface area contributed by atoms with E-state index < -0.39 is 0 Å². The summed E-state index contributed by atoms with van der Waals surface area (Å²) >= 11 is 8.19. The minimum Gasteiger partial charge on any atom is -0.309 e. The molecule has 0 saturated carbocycles. The Balaban J connectivity index is 2.13. The van der Waals surface area contributed by atoms with E-state index in [1.807, 2.05) is 6.07 Å². The van der Waals surface area contributed by atoms with Crippen LogP contribution >= 0.6 is 23.4 Å². The van der Waals surface area contributed by atoms with Crippen LogP contribution in [-0.2, 0) is 0 Å². The molecule has 2 unspecified atom stereocenters. The maximum absolute atomic E-state index is 6.10. The molecule has 17 heavy (non-hydrogen) atoms. The zero-order chi connectivity index (χ0) is 12.1. The molecule has 1 aliphatic rings. The van der Waals surface area contributed by atoms with Crippen molar-refractivity contribution >= 4 is 23.4 Å². The molecule has 3 heteroatoms. The highest BCUT2D eigenvalue weighted by Crippen LogP contribution is 2.36. The fraction of sp³-hybridized carbons (Fsp3) is 0.571. The van der Waals surface area contributed by atoms with Crippen molar-refractivity contribution in [3.63, 3.8) is 0 Å². The number of rotatable bonds is 5. The van der Waals surface area contributed by atoms with Crippen LogP contribution in [0, 0.1) is 0 Å². The second kappa shape index (κ2) is 6.67. The minimum absolute atomic E-state index is 0.459. The van der Waals surface area contributed by atoms with Gasteiger partial charge in [-0.1, -0.05) is 30.7 Å². The van der Waals surface area contributed by atoms with Gasteiger partial charge < -0.3 is 5.32 Å². The highest BCUT2D eigenvalue weighted by Gasteiger charge is 2.26. The van der Waals surface area contributed by atoms with E-state index in [1.165, 1.54) is 30.6 Å². The molecule has 0 aromatic heterocycles. The van der Waals surface area contributed by atoms with Gasteiger partial charge in [0, 0.05) is 16.3 Å². The zero-order valence-corrected chi connectivity index (χ0v) is 11.9. The van der Waals surface area contributed by atoms with Gasteiger partial charge in [0.1, 0.15) is 0 Å². The van der Waals surface area contributed by atoms with Gasteiger partial charge in [0.15, 0.2) is 0 Å². The normalized spacial score (nSPS) is 21.6. The summed E-state index contributed by atoms with van der Waals surface area (Å²) in [4.78, 5) is 0. The summed E-state index contributed by atoms with van der Waals surface area (Å²) in [6.45, 7) is 3.29. The average molecular weight is 270 g/mol. The Kier molecular flexibility index (Phi) is 5.20. The summed E-state index contributed by atoms with van der Waals surface area (Å²) in [5, 5.41) is 5.23. The molecule has 1 saturated heterocycles. The molecule has 2 atom stereocenters. The van der Waals surface area contributed by atoms with Crippen LogP contribution in [0.25, 0.3) is 0 Å². The van der Waals surface area contributed by atoms with Crippen molar-refractivity contribution in [2.75, 3.05) is 12.3 Å². The van der Waals surface area contributed by atoms with E-state index in [1.54, 1.807) is 0 Å². The minimum atomic E-state index is 0.459. The van der Waals surface area contributed by atoms with E-state index in [2.05, 4.69) is 42.2 Å². The van der Waals surface area contributed by atoms with Crippen molar-refractivity contribution in [2.45, 2.75) is 37.5 Å². The summed E-state index contributed by atoms with van der Waals surface area (Å²) < 4.78 is 0. The smallest absolute Gasteiger partial charge is 0.0441 e. The van der Waals surface area contributed by atoms with Crippen molar-refractivity contribution in [1.82, 2.24) is 5.32 Å². The fourth-order valence-electron chi connectivity index (χ4n) is 2.33. The topological polar surface area (TPSA) is 12.0 Å².